The predicted octanol–water partition coefficient (Wildman–Crippen LogP) is 3.10. The van der Waals surface area contributed by atoms with Crippen molar-refractivity contribution in [3.8, 4) is 5.75 Å². The van der Waals surface area contributed by atoms with Crippen LogP contribution in [0, 0.1) is 0 Å². The number of nitrogens with one attached hydrogen (secondary N) is 1. The van der Waals surface area contributed by atoms with Gasteiger partial charge in [0.25, 0.3) is 0 Å². The minimum absolute atomic E-state index is 0.0345. The zero-order valence-electron chi connectivity index (χ0n) is 11.3. The second-order valence-electron chi connectivity index (χ2n) is 4.52. The first kappa shape index (κ1) is 15.9. The molecule has 19 heavy (non-hydrogen) atoms. The molecule has 0 radical (unpaired) electrons. The van der Waals surface area contributed by atoms with Crippen LogP contribution in [0.2, 0.25) is 0 Å². The minimum atomic E-state index is -2.81. The fraction of sp³-hybridized carbons (Fsp3) is 0.571. The summed E-state index contributed by atoms with van der Waals surface area (Å²) in [5.74, 6) is 0.148. The molecule has 0 aromatic heterocycles. The van der Waals surface area contributed by atoms with Gasteiger partial charge in [-0.1, -0.05) is 25.5 Å². The van der Waals surface area contributed by atoms with Crippen molar-refractivity contribution in [1.82, 2.24) is 5.32 Å². The van der Waals surface area contributed by atoms with E-state index in [0.717, 1.165) is 18.4 Å². The fourth-order valence-electron chi connectivity index (χ4n) is 1.83. The molecule has 2 N–H and O–H groups in total. The van der Waals surface area contributed by atoms with E-state index in [9.17, 15) is 13.9 Å². The van der Waals surface area contributed by atoms with E-state index in [-0.39, 0.29) is 17.9 Å². The lowest BCUT2D eigenvalue weighted by Crippen LogP contribution is -2.28. The second kappa shape index (κ2) is 8.07. The summed E-state index contributed by atoms with van der Waals surface area (Å²) < 4.78 is 28.6. The van der Waals surface area contributed by atoms with E-state index in [0.29, 0.717) is 6.54 Å². The Labute approximate surface area is 112 Å². The molecular weight excluding hydrogens is 252 g/mol. The summed E-state index contributed by atoms with van der Waals surface area (Å²) in [7, 11) is 0. The Kier molecular flexibility index (Phi) is 6.73. The number of halogens is 2. The van der Waals surface area contributed by atoms with Crippen LogP contribution in [0.1, 0.15) is 38.3 Å². The summed E-state index contributed by atoms with van der Waals surface area (Å²) in [6.45, 7) is 1.59. The number of benzene rings is 1. The Morgan fingerprint density at radius 3 is 2.74 bits per heavy atom. The third-order valence-corrected chi connectivity index (χ3v) is 2.86. The van der Waals surface area contributed by atoms with Crippen LogP contribution < -0.4 is 10.1 Å². The van der Waals surface area contributed by atoms with E-state index >= 15 is 0 Å². The fourth-order valence-corrected chi connectivity index (χ4v) is 1.83. The maximum atomic E-state index is 12.1. The zero-order chi connectivity index (χ0) is 14.3. The number of rotatable bonds is 8. The SMILES string of the molecule is CCCC(O)CNC(C)c1cccc(OC(F)F)c1. The molecule has 0 bridgehead atoms. The standard InChI is InChI=1S/C14H21F2NO2/c1-3-5-12(18)9-17-10(2)11-6-4-7-13(8-11)19-14(15)16/h4,6-8,10,12,14,17-18H,3,5,9H2,1-2H3. The highest BCUT2D eigenvalue weighted by atomic mass is 19.3. The lowest BCUT2D eigenvalue weighted by atomic mass is 10.1. The summed E-state index contributed by atoms with van der Waals surface area (Å²) >= 11 is 0. The molecule has 2 unspecified atom stereocenters. The molecule has 5 heteroatoms. The summed E-state index contributed by atoms with van der Waals surface area (Å²) in [6, 6.07) is 6.55. The molecule has 0 spiro atoms. The van der Waals surface area contributed by atoms with Crippen LogP contribution in [-0.2, 0) is 0 Å². The molecule has 108 valence electrons. The van der Waals surface area contributed by atoms with Crippen molar-refractivity contribution < 1.29 is 18.6 Å². The average molecular weight is 273 g/mol. The van der Waals surface area contributed by atoms with Gasteiger partial charge < -0.3 is 15.2 Å². The van der Waals surface area contributed by atoms with Gasteiger partial charge in [0.2, 0.25) is 0 Å². The predicted molar refractivity (Wildman–Crippen MR) is 70.4 cm³/mol. The highest BCUT2D eigenvalue weighted by molar-refractivity contribution is 5.30. The van der Waals surface area contributed by atoms with Crippen molar-refractivity contribution in [2.24, 2.45) is 0 Å². The third kappa shape index (κ3) is 5.98. The quantitative estimate of drug-likeness (QED) is 0.764. The number of aliphatic hydroxyl groups is 1. The number of aliphatic hydroxyl groups excluding tert-OH is 1. The van der Waals surface area contributed by atoms with E-state index in [1.165, 1.54) is 6.07 Å². The van der Waals surface area contributed by atoms with Crippen molar-refractivity contribution in [3.63, 3.8) is 0 Å². The molecule has 1 rings (SSSR count). The van der Waals surface area contributed by atoms with Crippen LogP contribution in [0.3, 0.4) is 0 Å². The molecule has 1 aromatic rings. The molecule has 1 aromatic carbocycles. The highest BCUT2D eigenvalue weighted by Crippen LogP contribution is 2.20. The Bertz CT molecular complexity index is 374. The average Bonchev–Trinajstić information content (AvgIpc) is 2.36. The molecule has 0 aliphatic heterocycles. The first-order valence-corrected chi connectivity index (χ1v) is 6.49. The van der Waals surface area contributed by atoms with E-state index in [4.69, 9.17) is 0 Å². The lowest BCUT2D eigenvalue weighted by molar-refractivity contribution is -0.0499. The van der Waals surface area contributed by atoms with Gasteiger partial charge in [-0.05, 0) is 31.0 Å². The molecule has 0 heterocycles. The number of alkyl halides is 2. The van der Waals surface area contributed by atoms with Gasteiger partial charge in [0.05, 0.1) is 6.10 Å². The largest absolute Gasteiger partial charge is 0.435 e. The first-order valence-electron chi connectivity index (χ1n) is 6.49. The molecule has 0 aliphatic rings. The Morgan fingerprint density at radius 1 is 1.37 bits per heavy atom. The van der Waals surface area contributed by atoms with Crippen LogP contribution >= 0.6 is 0 Å². The normalized spacial score (nSPS) is 14.4. The monoisotopic (exact) mass is 273 g/mol. The number of hydrogen-bond acceptors (Lipinski definition) is 3. The molecule has 2 atom stereocenters. The lowest BCUT2D eigenvalue weighted by Gasteiger charge is -2.18. The maximum Gasteiger partial charge on any atom is 0.387 e. The zero-order valence-corrected chi connectivity index (χ0v) is 11.3. The van der Waals surface area contributed by atoms with Gasteiger partial charge in [0.15, 0.2) is 0 Å². The smallest absolute Gasteiger partial charge is 0.387 e. The second-order valence-corrected chi connectivity index (χ2v) is 4.52. The molecule has 0 saturated heterocycles. The van der Waals surface area contributed by atoms with Crippen molar-refractivity contribution >= 4 is 0 Å². The van der Waals surface area contributed by atoms with Crippen molar-refractivity contribution in [3.05, 3.63) is 29.8 Å². The minimum Gasteiger partial charge on any atom is -0.435 e. The first-order chi connectivity index (χ1) is 9.02. The number of hydrogen-bond donors (Lipinski definition) is 2. The van der Waals surface area contributed by atoms with Gasteiger partial charge >= 0.3 is 6.61 Å². The van der Waals surface area contributed by atoms with Crippen molar-refractivity contribution in [2.45, 2.75) is 45.4 Å². The van der Waals surface area contributed by atoms with E-state index < -0.39 is 6.61 Å². The summed E-state index contributed by atoms with van der Waals surface area (Å²) in [5, 5.41) is 12.8. The van der Waals surface area contributed by atoms with Gasteiger partial charge in [-0.15, -0.1) is 0 Å². The Balaban J connectivity index is 2.54. The van der Waals surface area contributed by atoms with E-state index in [1.54, 1.807) is 12.1 Å². The summed E-state index contributed by atoms with van der Waals surface area (Å²) in [6.07, 6.45) is 1.29. The topological polar surface area (TPSA) is 41.5 Å². The molecule has 0 amide bonds. The molecule has 0 fully saturated rings. The van der Waals surface area contributed by atoms with Crippen LogP contribution in [0.15, 0.2) is 24.3 Å². The van der Waals surface area contributed by atoms with Gasteiger partial charge in [-0.3, -0.25) is 0 Å². The van der Waals surface area contributed by atoms with E-state index in [2.05, 4.69) is 10.1 Å². The number of ether oxygens (including phenoxy) is 1. The van der Waals surface area contributed by atoms with Gasteiger partial charge in [-0.2, -0.15) is 8.78 Å². The van der Waals surface area contributed by atoms with Crippen molar-refractivity contribution in [2.75, 3.05) is 6.54 Å². The molecule has 0 saturated carbocycles. The maximum absolute atomic E-state index is 12.1. The summed E-state index contributed by atoms with van der Waals surface area (Å²) in [5.41, 5.74) is 0.849. The van der Waals surface area contributed by atoms with Crippen LogP contribution in [0.5, 0.6) is 5.75 Å². The molecule has 3 nitrogen and oxygen atoms in total. The molecular formula is C14H21F2NO2. The Hall–Kier alpha value is -1.20. The van der Waals surface area contributed by atoms with Crippen molar-refractivity contribution in [1.29, 1.82) is 0 Å². The molecule has 0 aliphatic carbocycles. The highest BCUT2D eigenvalue weighted by Gasteiger charge is 2.10. The van der Waals surface area contributed by atoms with E-state index in [1.807, 2.05) is 19.9 Å². The third-order valence-electron chi connectivity index (χ3n) is 2.86. The van der Waals surface area contributed by atoms with Gasteiger partial charge in [0, 0.05) is 12.6 Å². The Morgan fingerprint density at radius 2 is 2.11 bits per heavy atom. The van der Waals surface area contributed by atoms with Crippen LogP contribution in [-0.4, -0.2) is 24.4 Å². The van der Waals surface area contributed by atoms with Crippen LogP contribution in [0.4, 0.5) is 8.78 Å². The van der Waals surface area contributed by atoms with Crippen LogP contribution in [0.25, 0.3) is 0 Å². The van der Waals surface area contributed by atoms with Gasteiger partial charge in [0.1, 0.15) is 5.75 Å². The van der Waals surface area contributed by atoms with Gasteiger partial charge in [-0.25, -0.2) is 0 Å². The summed E-state index contributed by atoms with van der Waals surface area (Å²) in [4.78, 5) is 0.